The van der Waals surface area contributed by atoms with Gasteiger partial charge in [-0.25, -0.2) is 0 Å². The third kappa shape index (κ3) is 5.36. The SMILES string of the molecule is CCC(Sc1cccc(NC(=O)C2CC2)c1)C(=O)Nc1ccc(C)cc1C. The number of anilines is 2. The van der Waals surface area contributed by atoms with Crippen molar-refractivity contribution in [1.29, 1.82) is 0 Å². The standard InChI is InChI=1S/C22H26N2O2S/c1-4-20(22(26)24-19-11-8-14(2)12-15(19)3)27-18-7-5-6-17(13-18)23-21(25)16-9-10-16/h5-8,11-13,16,20H,4,9-10H2,1-3H3,(H,23,25)(H,24,26). The maximum absolute atomic E-state index is 12.7. The van der Waals surface area contributed by atoms with E-state index in [1.165, 1.54) is 17.3 Å². The van der Waals surface area contributed by atoms with E-state index in [1.807, 2.05) is 57.2 Å². The fraction of sp³-hybridized carbons (Fsp3) is 0.364. The Morgan fingerprint density at radius 3 is 2.56 bits per heavy atom. The van der Waals surface area contributed by atoms with Crippen LogP contribution in [0.1, 0.15) is 37.3 Å². The van der Waals surface area contributed by atoms with Crippen molar-refractivity contribution in [2.45, 2.75) is 50.2 Å². The summed E-state index contributed by atoms with van der Waals surface area (Å²) in [6, 6.07) is 13.7. The largest absolute Gasteiger partial charge is 0.326 e. The summed E-state index contributed by atoms with van der Waals surface area (Å²) in [5, 5.41) is 5.82. The predicted octanol–water partition coefficient (Wildman–Crippen LogP) is 5.16. The van der Waals surface area contributed by atoms with Crippen LogP contribution in [0, 0.1) is 19.8 Å². The van der Waals surface area contributed by atoms with Crippen LogP contribution in [0.5, 0.6) is 0 Å². The average molecular weight is 383 g/mol. The summed E-state index contributed by atoms with van der Waals surface area (Å²) in [5.74, 6) is 0.270. The van der Waals surface area contributed by atoms with E-state index in [2.05, 4.69) is 16.7 Å². The molecular weight excluding hydrogens is 356 g/mol. The van der Waals surface area contributed by atoms with Crippen molar-refractivity contribution in [2.75, 3.05) is 10.6 Å². The summed E-state index contributed by atoms with van der Waals surface area (Å²) in [5.41, 5.74) is 3.89. The highest BCUT2D eigenvalue weighted by Gasteiger charge is 2.29. The molecule has 5 heteroatoms. The number of thioether (sulfide) groups is 1. The Kier molecular flexibility index (Phi) is 6.22. The van der Waals surface area contributed by atoms with Crippen LogP contribution in [0.25, 0.3) is 0 Å². The van der Waals surface area contributed by atoms with Crippen molar-refractivity contribution in [2.24, 2.45) is 5.92 Å². The monoisotopic (exact) mass is 382 g/mol. The molecule has 4 nitrogen and oxygen atoms in total. The molecule has 3 rings (SSSR count). The van der Waals surface area contributed by atoms with Gasteiger partial charge in [0.15, 0.2) is 0 Å². The third-order valence-electron chi connectivity index (χ3n) is 4.63. The Bertz CT molecular complexity index is 846. The molecule has 2 aromatic carbocycles. The van der Waals surface area contributed by atoms with Gasteiger partial charge in [0.05, 0.1) is 5.25 Å². The maximum Gasteiger partial charge on any atom is 0.237 e. The lowest BCUT2D eigenvalue weighted by molar-refractivity contribution is -0.117. The highest BCUT2D eigenvalue weighted by molar-refractivity contribution is 8.00. The van der Waals surface area contributed by atoms with E-state index in [0.717, 1.165) is 41.1 Å². The van der Waals surface area contributed by atoms with Gasteiger partial charge in [-0.05, 0) is 62.9 Å². The quantitative estimate of drug-likeness (QED) is 0.650. The number of benzene rings is 2. The number of hydrogen-bond acceptors (Lipinski definition) is 3. The minimum absolute atomic E-state index is 0.00173. The molecule has 0 heterocycles. The van der Waals surface area contributed by atoms with Crippen molar-refractivity contribution in [3.63, 3.8) is 0 Å². The van der Waals surface area contributed by atoms with Crippen LogP contribution in [-0.2, 0) is 9.59 Å². The molecular formula is C22H26N2O2S. The lowest BCUT2D eigenvalue weighted by atomic mass is 10.1. The van der Waals surface area contributed by atoms with E-state index in [-0.39, 0.29) is 23.0 Å². The lowest BCUT2D eigenvalue weighted by Crippen LogP contribution is -2.25. The first kappa shape index (κ1) is 19.5. The molecule has 1 atom stereocenters. The summed E-state index contributed by atoms with van der Waals surface area (Å²) < 4.78 is 0. The molecule has 0 spiro atoms. The molecule has 27 heavy (non-hydrogen) atoms. The number of aryl methyl sites for hydroxylation is 2. The molecule has 0 aliphatic heterocycles. The number of carbonyl (C=O) groups excluding carboxylic acids is 2. The zero-order chi connectivity index (χ0) is 19.4. The van der Waals surface area contributed by atoms with Gasteiger partial charge in [-0.2, -0.15) is 0 Å². The minimum Gasteiger partial charge on any atom is -0.326 e. The normalized spacial score (nSPS) is 14.5. The Morgan fingerprint density at radius 2 is 1.89 bits per heavy atom. The van der Waals surface area contributed by atoms with Crippen molar-refractivity contribution in [3.05, 3.63) is 53.6 Å². The maximum atomic E-state index is 12.7. The second kappa shape index (κ2) is 8.61. The van der Waals surface area contributed by atoms with Gasteiger partial charge < -0.3 is 10.6 Å². The molecule has 0 radical (unpaired) electrons. The fourth-order valence-corrected chi connectivity index (χ4v) is 3.90. The summed E-state index contributed by atoms with van der Waals surface area (Å²) >= 11 is 1.53. The molecule has 1 unspecified atom stereocenters. The van der Waals surface area contributed by atoms with Gasteiger partial charge in [0.1, 0.15) is 0 Å². The number of carbonyl (C=O) groups is 2. The van der Waals surface area contributed by atoms with E-state index < -0.39 is 0 Å². The van der Waals surface area contributed by atoms with Crippen molar-refractivity contribution in [1.82, 2.24) is 0 Å². The Balaban J connectivity index is 1.65. The Morgan fingerprint density at radius 1 is 1.11 bits per heavy atom. The molecule has 142 valence electrons. The molecule has 1 aliphatic rings. The molecule has 1 aliphatic carbocycles. The first-order valence-corrected chi connectivity index (χ1v) is 10.3. The first-order chi connectivity index (χ1) is 13.0. The van der Waals surface area contributed by atoms with Crippen molar-refractivity contribution in [3.8, 4) is 0 Å². The first-order valence-electron chi connectivity index (χ1n) is 9.42. The van der Waals surface area contributed by atoms with Crippen LogP contribution in [0.2, 0.25) is 0 Å². The smallest absolute Gasteiger partial charge is 0.237 e. The Hall–Kier alpha value is -2.27. The molecule has 2 amide bonds. The number of amides is 2. The van der Waals surface area contributed by atoms with Crippen LogP contribution in [0.15, 0.2) is 47.4 Å². The summed E-state index contributed by atoms with van der Waals surface area (Å²) in [6.45, 7) is 6.05. The predicted molar refractivity (Wildman–Crippen MR) is 112 cm³/mol. The van der Waals surface area contributed by atoms with E-state index in [0.29, 0.717) is 0 Å². The molecule has 2 aromatic rings. The molecule has 2 N–H and O–H groups in total. The molecule has 0 saturated heterocycles. The van der Waals surface area contributed by atoms with E-state index in [1.54, 1.807) is 0 Å². The van der Waals surface area contributed by atoms with Gasteiger partial charge in [0.2, 0.25) is 11.8 Å². The van der Waals surface area contributed by atoms with E-state index >= 15 is 0 Å². The second-order valence-electron chi connectivity index (χ2n) is 7.11. The van der Waals surface area contributed by atoms with Crippen LogP contribution in [0.3, 0.4) is 0 Å². The average Bonchev–Trinajstić information content (AvgIpc) is 3.47. The number of rotatable bonds is 7. The highest BCUT2D eigenvalue weighted by Crippen LogP contribution is 2.32. The van der Waals surface area contributed by atoms with Gasteiger partial charge in [0.25, 0.3) is 0 Å². The summed E-state index contributed by atoms with van der Waals surface area (Å²) in [6.07, 6.45) is 2.69. The van der Waals surface area contributed by atoms with E-state index in [9.17, 15) is 9.59 Å². The van der Waals surface area contributed by atoms with Gasteiger partial charge in [-0.15, -0.1) is 11.8 Å². The zero-order valence-corrected chi connectivity index (χ0v) is 16.9. The van der Waals surface area contributed by atoms with Crippen LogP contribution in [-0.4, -0.2) is 17.1 Å². The van der Waals surface area contributed by atoms with Crippen molar-refractivity contribution >= 4 is 35.0 Å². The number of hydrogen-bond donors (Lipinski definition) is 2. The van der Waals surface area contributed by atoms with E-state index in [4.69, 9.17) is 0 Å². The molecule has 1 fully saturated rings. The van der Waals surface area contributed by atoms with Crippen LogP contribution >= 0.6 is 11.8 Å². The summed E-state index contributed by atoms with van der Waals surface area (Å²) in [4.78, 5) is 25.7. The molecule has 1 saturated carbocycles. The second-order valence-corrected chi connectivity index (χ2v) is 8.39. The van der Waals surface area contributed by atoms with Gasteiger partial charge >= 0.3 is 0 Å². The fourth-order valence-electron chi connectivity index (χ4n) is 2.89. The Labute approximate surface area is 165 Å². The number of nitrogens with one attached hydrogen (secondary N) is 2. The topological polar surface area (TPSA) is 58.2 Å². The van der Waals surface area contributed by atoms with Crippen LogP contribution < -0.4 is 10.6 Å². The lowest BCUT2D eigenvalue weighted by Gasteiger charge is -2.16. The van der Waals surface area contributed by atoms with Crippen molar-refractivity contribution < 1.29 is 9.59 Å². The summed E-state index contributed by atoms with van der Waals surface area (Å²) in [7, 11) is 0. The van der Waals surface area contributed by atoms with Gasteiger partial charge in [0, 0.05) is 22.2 Å². The third-order valence-corrected chi connectivity index (χ3v) is 5.99. The zero-order valence-electron chi connectivity index (χ0n) is 16.0. The van der Waals surface area contributed by atoms with Crippen LogP contribution in [0.4, 0.5) is 11.4 Å². The van der Waals surface area contributed by atoms with Gasteiger partial charge in [-0.1, -0.05) is 30.7 Å². The van der Waals surface area contributed by atoms with Gasteiger partial charge in [-0.3, -0.25) is 9.59 Å². The molecule has 0 aromatic heterocycles. The highest BCUT2D eigenvalue weighted by atomic mass is 32.2. The minimum atomic E-state index is -0.194. The molecule has 0 bridgehead atoms.